The van der Waals surface area contributed by atoms with Gasteiger partial charge in [-0.2, -0.15) is 0 Å². The maximum absolute atomic E-state index is 13.9. The Bertz CT molecular complexity index is 545. The van der Waals surface area contributed by atoms with Crippen LogP contribution in [-0.4, -0.2) is 11.0 Å². The van der Waals surface area contributed by atoms with Gasteiger partial charge in [0.25, 0.3) is 0 Å². The molecule has 0 saturated carbocycles. The van der Waals surface area contributed by atoms with E-state index in [2.05, 4.69) is 18.0 Å². The van der Waals surface area contributed by atoms with Gasteiger partial charge in [0.2, 0.25) is 0 Å². The molecule has 19 heavy (non-hydrogen) atoms. The Labute approximate surface area is 114 Å². The highest BCUT2D eigenvalue weighted by atomic mass is 19.1. The van der Waals surface area contributed by atoms with E-state index in [1.165, 1.54) is 0 Å². The fourth-order valence-corrected chi connectivity index (χ4v) is 2.52. The number of fused-ring (bicyclic) bond motifs is 1. The first kappa shape index (κ1) is 14.1. The Kier molecular flexibility index (Phi) is 4.59. The van der Waals surface area contributed by atoms with Crippen molar-refractivity contribution < 1.29 is 4.39 Å². The minimum absolute atomic E-state index is 0.160. The molecule has 0 aliphatic rings. The van der Waals surface area contributed by atoms with Crippen molar-refractivity contribution in [1.29, 1.82) is 0 Å². The van der Waals surface area contributed by atoms with Crippen molar-refractivity contribution in [3.63, 3.8) is 0 Å². The average Bonchev–Trinajstić information content (AvgIpc) is 2.80. The molecule has 0 spiro atoms. The first-order valence-corrected chi connectivity index (χ1v) is 7.19. The van der Waals surface area contributed by atoms with Crippen LogP contribution in [0.5, 0.6) is 0 Å². The van der Waals surface area contributed by atoms with Crippen LogP contribution in [0, 0.1) is 5.82 Å². The predicted octanol–water partition coefficient (Wildman–Crippen LogP) is 3.93. The molecule has 2 nitrogen and oxygen atoms in total. The number of benzene rings is 1. The van der Waals surface area contributed by atoms with Crippen LogP contribution in [0.4, 0.5) is 4.39 Å². The first-order valence-electron chi connectivity index (χ1n) is 7.19. The molecule has 104 valence electrons. The van der Waals surface area contributed by atoms with Gasteiger partial charge in [0.15, 0.2) is 0 Å². The summed E-state index contributed by atoms with van der Waals surface area (Å²) in [5, 5.41) is 0.990. The monoisotopic (exact) mass is 262 g/mol. The molecule has 3 N–H and O–H groups in total. The van der Waals surface area contributed by atoms with Crippen LogP contribution in [0.15, 0.2) is 18.3 Å². The average molecular weight is 262 g/mol. The van der Waals surface area contributed by atoms with Gasteiger partial charge >= 0.3 is 0 Å². The molecule has 0 saturated heterocycles. The van der Waals surface area contributed by atoms with Crippen LogP contribution in [0.25, 0.3) is 10.9 Å². The van der Waals surface area contributed by atoms with Crippen molar-refractivity contribution in [2.45, 2.75) is 52.0 Å². The van der Waals surface area contributed by atoms with E-state index in [0.717, 1.165) is 48.6 Å². The van der Waals surface area contributed by atoms with Gasteiger partial charge in [-0.15, -0.1) is 0 Å². The van der Waals surface area contributed by atoms with Crippen LogP contribution in [-0.2, 0) is 12.8 Å². The number of aromatic amines is 1. The largest absolute Gasteiger partial charge is 0.359 e. The van der Waals surface area contributed by atoms with E-state index in [4.69, 9.17) is 5.73 Å². The normalized spacial score (nSPS) is 13.1. The van der Waals surface area contributed by atoms with E-state index in [1.807, 2.05) is 13.1 Å². The van der Waals surface area contributed by atoms with Gasteiger partial charge in [-0.1, -0.05) is 26.7 Å². The summed E-state index contributed by atoms with van der Waals surface area (Å²) in [6.45, 7) is 4.21. The number of hydrogen-bond donors (Lipinski definition) is 2. The smallest absolute Gasteiger partial charge is 0.147 e. The topological polar surface area (TPSA) is 41.8 Å². The van der Waals surface area contributed by atoms with Crippen LogP contribution in [0.1, 0.15) is 44.2 Å². The standard InChI is InChI=1S/C16H23FN2/c1-3-5-6-13(18)9-12-10-19-16-14(12)7-11(4-2)8-15(16)17/h7-8,10,13,19H,3-6,9,18H2,1-2H3/t13-/m0/s1. The molecule has 2 rings (SSSR count). The summed E-state index contributed by atoms with van der Waals surface area (Å²) in [7, 11) is 0. The molecule has 0 amide bonds. The molecule has 0 aliphatic carbocycles. The molecule has 0 radical (unpaired) electrons. The van der Waals surface area contributed by atoms with Gasteiger partial charge in [-0.3, -0.25) is 0 Å². The van der Waals surface area contributed by atoms with Crippen LogP contribution >= 0.6 is 0 Å². The number of H-pyrrole nitrogens is 1. The molecule has 0 unspecified atom stereocenters. The fourth-order valence-electron chi connectivity index (χ4n) is 2.52. The molecule has 2 aromatic rings. The van der Waals surface area contributed by atoms with E-state index >= 15 is 0 Å². The summed E-state index contributed by atoms with van der Waals surface area (Å²) in [5.74, 6) is -0.164. The lowest BCUT2D eigenvalue weighted by Gasteiger charge is -2.10. The molecule has 1 aromatic heterocycles. The second kappa shape index (κ2) is 6.20. The Morgan fingerprint density at radius 3 is 2.79 bits per heavy atom. The van der Waals surface area contributed by atoms with Gasteiger partial charge < -0.3 is 10.7 Å². The molecule has 1 heterocycles. The number of rotatable bonds is 6. The fraction of sp³-hybridized carbons (Fsp3) is 0.500. The molecule has 3 heteroatoms. The lowest BCUT2D eigenvalue weighted by atomic mass is 10.00. The highest BCUT2D eigenvalue weighted by Gasteiger charge is 2.12. The number of nitrogens with one attached hydrogen (secondary N) is 1. The Morgan fingerprint density at radius 1 is 1.32 bits per heavy atom. The highest BCUT2D eigenvalue weighted by Crippen LogP contribution is 2.24. The number of aromatic nitrogens is 1. The van der Waals surface area contributed by atoms with E-state index in [1.54, 1.807) is 6.07 Å². The third-order valence-corrected chi connectivity index (χ3v) is 3.71. The maximum atomic E-state index is 13.9. The number of hydrogen-bond acceptors (Lipinski definition) is 1. The second-order valence-electron chi connectivity index (χ2n) is 5.27. The van der Waals surface area contributed by atoms with E-state index in [-0.39, 0.29) is 11.9 Å². The Balaban J connectivity index is 2.26. The van der Waals surface area contributed by atoms with E-state index < -0.39 is 0 Å². The summed E-state index contributed by atoms with van der Waals surface area (Å²) >= 11 is 0. The van der Waals surface area contributed by atoms with Gasteiger partial charge in [-0.25, -0.2) is 4.39 Å². The van der Waals surface area contributed by atoms with Gasteiger partial charge in [-0.05, 0) is 42.5 Å². The molecule has 1 aromatic carbocycles. The summed E-state index contributed by atoms with van der Waals surface area (Å²) in [6.07, 6.45) is 6.90. The second-order valence-corrected chi connectivity index (χ2v) is 5.27. The lowest BCUT2D eigenvalue weighted by molar-refractivity contribution is 0.575. The van der Waals surface area contributed by atoms with Crippen LogP contribution in [0.3, 0.4) is 0 Å². The van der Waals surface area contributed by atoms with Gasteiger partial charge in [0, 0.05) is 17.6 Å². The third-order valence-electron chi connectivity index (χ3n) is 3.71. The number of halogens is 1. The Morgan fingerprint density at radius 2 is 2.11 bits per heavy atom. The molecule has 1 atom stereocenters. The summed E-state index contributed by atoms with van der Waals surface area (Å²) in [4.78, 5) is 3.04. The predicted molar refractivity (Wildman–Crippen MR) is 78.8 cm³/mol. The number of aryl methyl sites for hydroxylation is 1. The van der Waals surface area contributed by atoms with Crippen molar-refractivity contribution in [3.05, 3.63) is 35.3 Å². The van der Waals surface area contributed by atoms with Crippen molar-refractivity contribution in [3.8, 4) is 0 Å². The zero-order chi connectivity index (χ0) is 13.8. The minimum Gasteiger partial charge on any atom is -0.359 e. The zero-order valence-electron chi connectivity index (χ0n) is 11.8. The Hall–Kier alpha value is -1.35. The van der Waals surface area contributed by atoms with E-state index in [9.17, 15) is 4.39 Å². The van der Waals surface area contributed by atoms with Gasteiger partial charge in [0.05, 0.1) is 5.52 Å². The molecule has 0 bridgehead atoms. The summed E-state index contributed by atoms with van der Waals surface area (Å²) < 4.78 is 13.9. The quantitative estimate of drug-likeness (QED) is 0.813. The summed E-state index contributed by atoms with van der Waals surface area (Å²) in [5.41, 5.74) is 8.92. The zero-order valence-corrected chi connectivity index (χ0v) is 11.8. The highest BCUT2D eigenvalue weighted by molar-refractivity contribution is 5.84. The maximum Gasteiger partial charge on any atom is 0.147 e. The van der Waals surface area contributed by atoms with Gasteiger partial charge in [0.1, 0.15) is 5.82 Å². The lowest BCUT2D eigenvalue weighted by Crippen LogP contribution is -2.22. The minimum atomic E-state index is -0.164. The van der Waals surface area contributed by atoms with Crippen molar-refractivity contribution in [2.24, 2.45) is 5.73 Å². The third kappa shape index (κ3) is 3.16. The van der Waals surface area contributed by atoms with Crippen molar-refractivity contribution in [2.75, 3.05) is 0 Å². The molecule has 0 aliphatic heterocycles. The SMILES string of the molecule is CCCC[C@H](N)Cc1c[nH]c2c(F)cc(CC)cc12. The molecular weight excluding hydrogens is 239 g/mol. The van der Waals surface area contributed by atoms with E-state index in [0.29, 0.717) is 5.52 Å². The first-order chi connectivity index (χ1) is 9.15. The molecule has 0 fully saturated rings. The number of unbranched alkanes of at least 4 members (excludes halogenated alkanes) is 1. The van der Waals surface area contributed by atoms with Crippen LogP contribution < -0.4 is 5.73 Å². The van der Waals surface area contributed by atoms with Crippen molar-refractivity contribution in [1.82, 2.24) is 4.98 Å². The molecular formula is C16H23FN2. The van der Waals surface area contributed by atoms with Crippen LogP contribution in [0.2, 0.25) is 0 Å². The number of nitrogens with two attached hydrogens (primary N) is 1. The van der Waals surface area contributed by atoms with Crippen molar-refractivity contribution >= 4 is 10.9 Å². The summed E-state index contributed by atoms with van der Waals surface area (Å²) in [6, 6.07) is 3.85.